The Labute approximate surface area is 97.6 Å². The molecule has 0 fully saturated rings. The minimum absolute atomic E-state index is 0.189. The summed E-state index contributed by atoms with van der Waals surface area (Å²) < 4.78 is 4.90. The zero-order valence-corrected chi connectivity index (χ0v) is 10.5. The van der Waals surface area contributed by atoms with Crippen LogP contribution in [0.3, 0.4) is 0 Å². The van der Waals surface area contributed by atoms with Crippen molar-refractivity contribution in [3.05, 3.63) is 35.4 Å². The summed E-state index contributed by atoms with van der Waals surface area (Å²) in [5.41, 5.74) is 2.71. The Morgan fingerprint density at radius 1 is 1.19 bits per heavy atom. The summed E-state index contributed by atoms with van der Waals surface area (Å²) in [6.45, 7) is 8.48. The minimum atomic E-state index is -0.216. The molecule has 0 amide bonds. The van der Waals surface area contributed by atoms with Crippen LogP contribution in [0.1, 0.15) is 38.8 Å². The highest BCUT2D eigenvalue weighted by Gasteiger charge is 2.12. The maximum Gasteiger partial charge on any atom is 0.302 e. The first-order chi connectivity index (χ1) is 7.39. The average molecular weight is 220 g/mol. The highest BCUT2D eigenvalue weighted by atomic mass is 16.5. The molecule has 88 valence electrons. The van der Waals surface area contributed by atoms with Crippen LogP contribution in [0.25, 0.3) is 0 Å². The highest BCUT2D eigenvalue weighted by Crippen LogP contribution is 2.22. The number of hydrogen-bond acceptors (Lipinski definition) is 2. The van der Waals surface area contributed by atoms with Crippen molar-refractivity contribution in [3.8, 4) is 0 Å². The standard InChI is InChI=1S/C14H20O2/c1-11(15)16-10-9-12-5-7-13(8-6-12)14(2,3)4/h5-8H,9-10H2,1-4H3. The van der Waals surface area contributed by atoms with Crippen LogP contribution in [0.4, 0.5) is 0 Å². The molecule has 0 aromatic heterocycles. The molecule has 0 saturated heterocycles. The van der Waals surface area contributed by atoms with E-state index in [0.717, 1.165) is 6.42 Å². The van der Waals surface area contributed by atoms with Crippen LogP contribution in [-0.4, -0.2) is 12.6 Å². The van der Waals surface area contributed by atoms with E-state index in [4.69, 9.17) is 4.74 Å². The minimum Gasteiger partial charge on any atom is -0.466 e. The molecule has 16 heavy (non-hydrogen) atoms. The molecular formula is C14H20O2. The van der Waals surface area contributed by atoms with Gasteiger partial charge in [0.15, 0.2) is 0 Å². The van der Waals surface area contributed by atoms with Gasteiger partial charge < -0.3 is 4.74 Å². The maximum absolute atomic E-state index is 10.6. The van der Waals surface area contributed by atoms with E-state index in [1.165, 1.54) is 18.1 Å². The van der Waals surface area contributed by atoms with Gasteiger partial charge in [0, 0.05) is 13.3 Å². The van der Waals surface area contributed by atoms with Crippen molar-refractivity contribution in [2.45, 2.75) is 39.5 Å². The van der Waals surface area contributed by atoms with Crippen molar-refractivity contribution in [1.82, 2.24) is 0 Å². The predicted molar refractivity (Wildman–Crippen MR) is 65.5 cm³/mol. The zero-order chi connectivity index (χ0) is 12.2. The van der Waals surface area contributed by atoms with E-state index >= 15 is 0 Å². The van der Waals surface area contributed by atoms with E-state index in [2.05, 4.69) is 45.0 Å². The maximum atomic E-state index is 10.6. The topological polar surface area (TPSA) is 26.3 Å². The lowest BCUT2D eigenvalue weighted by Gasteiger charge is -2.19. The lowest BCUT2D eigenvalue weighted by Crippen LogP contribution is -2.11. The Morgan fingerprint density at radius 3 is 2.19 bits per heavy atom. The number of ether oxygens (including phenoxy) is 1. The Hall–Kier alpha value is -1.31. The number of esters is 1. The quantitative estimate of drug-likeness (QED) is 0.732. The number of carbonyl (C=O) groups excluding carboxylic acids is 1. The number of hydrogen-bond donors (Lipinski definition) is 0. The van der Waals surface area contributed by atoms with Crippen molar-refractivity contribution in [3.63, 3.8) is 0 Å². The van der Waals surface area contributed by atoms with Crippen LogP contribution in [-0.2, 0) is 21.4 Å². The number of benzene rings is 1. The van der Waals surface area contributed by atoms with Gasteiger partial charge in [0.1, 0.15) is 0 Å². The van der Waals surface area contributed by atoms with Crippen molar-refractivity contribution in [2.24, 2.45) is 0 Å². The Morgan fingerprint density at radius 2 is 1.75 bits per heavy atom. The van der Waals surface area contributed by atoms with Gasteiger partial charge in [0.2, 0.25) is 0 Å². The van der Waals surface area contributed by atoms with Crippen LogP contribution in [0.15, 0.2) is 24.3 Å². The Kier molecular flexibility index (Phi) is 4.11. The van der Waals surface area contributed by atoms with Gasteiger partial charge in [0.25, 0.3) is 0 Å². The van der Waals surface area contributed by atoms with Gasteiger partial charge in [0.05, 0.1) is 6.61 Å². The van der Waals surface area contributed by atoms with Crippen LogP contribution in [0, 0.1) is 0 Å². The van der Waals surface area contributed by atoms with Gasteiger partial charge in [-0.25, -0.2) is 0 Å². The molecule has 0 aliphatic carbocycles. The SMILES string of the molecule is CC(=O)OCCc1ccc(C(C)(C)C)cc1. The summed E-state index contributed by atoms with van der Waals surface area (Å²) in [6, 6.07) is 8.49. The lowest BCUT2D eigenvalue weighted by molar-refractivity contribution is -0.140. The third kappa shape index (κ3) is 4.05. The van der Waals surface area contributed by atoms with Crippen molar-refractivity contribution in [2.75, 3.05) is 6.61 Å². The average Bonchev–Trinajstić information content (AvgIpc) is 2.16. The second-order valence-corrected chi connectivity index (χ2v) is 5.04. The van der Waals surface area contributed by atoms with Gasteiger partial charge in [-0.15, -0.1) is 0 Å². The van der Waals surface area contributed by atoms with Crippen molar-refractivity contribution in [1.29, 1.82) is 0 Å². The number of rotatable bonds is 3. The molecule has 1 aromatic rings. The molecule has 0 unspecified atom stereocenters. The summed E-state index contributed by atoms with van der Waals surface area (Å²) in [6.07, 6.45) is 0.782. The molecule has 0 saturated carbocycles. The first kappa shape index (κ1) is 12.8. The molecule has 2 heteroatoms. The largest absolute Gasteiger partial charge is 0.466 e. The van der Waals surface area contributed by atoms with E-state index in [-0.39, 0.29) is 11.4 Å². The normalized spacial score (nSPS) is 11.2. The second kappa shape index (κ2) is 5.15. The van der Waals surface area contributed by atoms with E-state index in [1.807, 2.05) is 0 Å². The van der Waals surface area contributed by atoms with E-state index < -0.39 is 0 Å². The molecule has 0 spiro atoms. The molecule has 0 atom stereocenters. The Balaban J connectivity index is 2.55. The third-order valence-corrected chi connectivity index (χ3v) is 2.52. The summed E-state index contributed by atoms with van der Waals surface area (Å²) >= 11 is 0. The van der Waals surface area contributed by atoms with Crippen molar-refractivity contribution >= 4 is 5.97 Å². The second-order valence-electron chi connectivity index (χ2n) is 5.04. The van der Waals surface area contributed by atoms with Gasteiger partial charge in [-0.05, 0) is 16.5 Å². The highest BCUT2D eigenvalue weighted by molar-refractivity contribution is 5.65. The fourth-order valence-electron chi connectivity index (χ4n) is 1.48. The van der Waals surface area contributed by atoms with Crippen LogP contribution in [0.2, 0.25) is 0 Å². The Bertz CT molecular complexity index is 344. The smallest absolute Gasteiger partial charge is 0.302 e. The number of carbonyl (C=O) groups is 1. The fourth-order valence-corrected chi connectivity index (χ4v) is 1.48. The first-order valence-corrected chi connectivity index (χ1v) is 5.62. The van der Waals surface area contributed by atoms with E-state index in [9.17, 15) is 4.79 Å². The van der Waals surface area contributed by atoms with Gasteiger partial charge >= 0.3 is 5.97 Å². The molecule has 0 radical (unpaired) electrons. The third-order valence-electron chi connectivity index (χ3n) is 2.52. The van der Waals surface area contributed by atoms with Gasteiger partial charge in [-0.1, -0.05) is 45.0 Å². The zero-order valence-electron chi connectivity index (χ0n) is 10.5. The van der Waals surface area contributed by atoms with Crippen LogP contribution in [0.5, 0.6) is 0 Å². The molecule has 1 rings (SSSR count). The van der Waals surface area contributed by atoms with Crippen LogP contribution >= 0.6 is 0 Å². The predicted octanol–water partition coefficient (Wildman–Crippen LogP) is 3.09. The summed E-state index contributed by atoms with van der Waals surface area (Å²) in [7, 11) is 0. The monoisotopic (exact) mass is 220 g/mol. The lowest BCUT2D eigenvalue weighted by atomic mass is 9.86. The fraction of sp³-hybridized carbons (Fsp3) is 0.500. The molecule has 0 bridgehead atoms. The molecule has 0 heterocycles. The summed E-state index contributed by atoms with van der Waals surface area (Å²) in [4.78, 5) is 10.6. The van der Waals surface area contributed by atoms with Crippen LogP contribution < -0.4 is 0 Å². The van der Waals surface area contributed by atoms with Crippen molar-refractivity contribution < 1.29 is 9.53 Å². The molecule has 2 nitrogen and oxygen atoms in total. The van der Waals surface area contributed by atoms with Gasteiger partial charge in [-0.2, -0.15) is 0 Å². The summed E-state index contributed by atoms with van der Waals surface area (Å²) in [5.74, 6) is -0.216. The van der Waals surface area contributed by atoms with Gasteiger partial charge in [-0.3, -0.25) is 4.79 Å². The van der Waals surface area contributed by atoms with E-state index in [1.54, 1.807) is 0 Å². The molecule has 0 aliphatic rings. The molecular weight excluding hydrogens is 200 g/mol. The first-order valence-electron chi connectivity index (χ1n) is 5.62. The molecule has 0 N–H and O–H groups in total. The van der Waals surface area contributed by atoms with E-state index in [0.29, 0.717) is 6.61 Å². The summed E-state index contributed by atoms with van der Waals surface area (Å²) in [5, 5.41) is 0. The molecule has 0 aliphatic heterocycles. The molecule has 1 aromatic carbocycles.